The van der Waals surface area contributed by atoms with Crippen LogP contribution in [0.15, 0.2) is 24.3 Å². The first-order valence-electron chi connectivity index (χ1n) is 6.30. The van der Waals surface area contributed by atoms with Gasteiger partial charge in [-0.2, -0.15) is 13.2 Å². The minimum absolute atomic E-state index is 0.00507. The van der Waals surface area contributed by atoms with E-state index in [1.807, 2.05) is 0 Å². The summed E-state index contributed by atoms with van der Waals surface area (Å²) in [5.41, 5.74) is 5.39. The van der Waals surface area contributed by atoms with Crippen molar-refractivity contribution in [3.8, 4) is 0 Å². The van der Waals surface area contributed by atoms with Crippen LogP contribution in [0.25, 0.3) is 0 Å². The normalized spacial score (nSPS) is 23.7. The highest BCUT2D eigenvalue weighted by Gasteiger charge is 2.35. The zero-order chi connectivity index (χ0) is 15.0. The van der Waals surface area contributed by atoms with Crippen LogP contribution < -0.4 is 5.73 Å². The molecule has 20 heavy (non-hydrogen) atoms. The van der Waals surface area contributed by atoms with E-state index < -0.39 is 21.6 Å². The predicted molar refractivity (Wildman–Crippen MR) is 70.0 cm³/mol. The van der Waals surface area contributed by atoms with E-state index in [2.05, 4.69) is 0 Å². The molecule has 2 rings (SSSR count). The lowest BCUT2D eigenvalue weighted by molar-refractivity contribution is -0.137. The van der Waals surface area contributed by atoms with Gasteiger partial charge in [0.2, 0.25) is 0 Å². The summed E-state index contributed by atoms with van der Waals surface area (Å²) < 4.78 is 61.1. The molecule has 0 aromatic heterocycles. The van der Waals surface area contributed by atoms with E-state index in [0.717, 1.165) is 12.1 Å². The molecule has 1 aromatic rings. The molecule has 0 spiro atoms. The molecule has 0 radical (unpaired) electrons. The number of alkyl halides is 3. The number of hydrogen-bond donors (Lipinski definition) is 1. The molecule has 1 aliphatic rings. The van der Waals surface area contributed by atoms with Crippen LogP contribution in [0.4, 0.5) is 13.2 Å². The first kappa shape index (κ1) is 15.3. The second-order valence-corrected chi connectivity index (χ2v) is 7.36. The summed E-state index contributed by atoms with van der Waals surface area (Å²) in [6.45, 7) is 0.140. The third-order valence-electron chi connectivity index (χ3n) is 3.73. The molecule has 0 aliphatic carbocycles. The van der Waals surface area contributed by atoms with Gasteiger partial charge < -0.3 is 5.73 Å². The van der Waals surface area contributed by atoms with Crippen LogP contribution in [0, 0.1) is 5.92 Å². The van der Waals surface area contributed by atoms with Gasteiger partial charge in [-0.05, 0) is 36.4 Å². The van der Waals surface area contributed by atoms with Gasteiger partial charge in [-0.25, -0.2) is 8.42 Å². The number of rotatable bonds is 3. The number of hydrogen-bond acceptors (Lipinski definition) is 3. The van der Waals surface area contributed by atoms with Crippen molar-refractivity contribution < 1.29 is 21.6 Å². The van der Waals surface area contributed by atoms with Crippen molar-refractivity contribution in [1.82, 2.24) is 0 Å². The minimum atomic E-state index is -4.41. The molecular weight excluding hydrogens is 291 g/mol. The van der Waals surface area contributed by atoms with Crippen LogP contribution in [0.2, 0.25) is 0 Å². The van der Waals surface area contributed by atoms with Crippen LogP contribution in [0.5, 0.6) is 0 Å². The van der Waals surface area contributed by atoms with Gasteiger partial charge in [-0.15, -0.1) is 0 Å². The maximum absolute atomic E-state index is 12.7. The molecule has 1 saturated heterocycles. The summed E-state index contributed by atoms with van der Waals surface area (Å²) in [6.07, 6.45) is -3.95. The van der Waals surface area contributed by atoms with E-state index in [9.17, 15) is 21.6 Å². The van der Waals surface area contributed by atoms with Crippen LogP contribution in [-0.4, -0.2) is 26.5 Å². The maximum Gasteiger partial charge on any atom is 0.416 e. The molecule has 0 saturated carbocycles. The van der Waals surface area contributed by atoms with Gasteiger partial charge >= 0.3 is 6.18 Å². The Morgan fingerprint density at radius 3 is 2.55 bits per heavy atom. The van der Waals surface area contributed by atoms with E-state index in [1.54, 1.807) is 6.07 Å². The van der Waals surface area contributed by atoms with Crippen LogP contribution >= 0.6 is 0 Å². The molecule has 0 amide bonds. The molecule has 7 heteroatoms. The number of benzene rings is 1. The van der Waals surface area contributed by atoms with E-state index in [4.69, 9.17) is 5.73 Å². The highest BCUT2D eigenvalue weighted by molar-refractivity contribution is 7.91. The molecule has 2 atom stereocenters. The predicted octanol–water partition coefficient (Wildman–Crippen LogP) is 2.18. The quantitative estimate of drug-likeness (QED) is 0.931. The number of halogens is 3. The molecule has 112 valence electrons. The summed E-state index contributed by atoms with van der Waals surface area (Å²) in [6, 6.07) is 4.99. The molecule has 2 unspecified atom stereocenters. The summed E-state index contributed by atoms with van der Waals surface area (Å²) in [4.78, 5) is 0. The Hall–Kier alpha value is -1.08. The first-order valence-corrected chi connectivity index (χ1v) is 8.13. The van der Waals surface area contributed by atoms with Crippen molar-refractivity contribution in [2.24, 2.45) is 11.7 Å². The van der Waals surface area contributed by atoms with Gasteiger partial charge in [0.05, 0.1) is 17.1 Å². The Balaban J connectivity index is 2.29. The monoisotopic (exact) mass is 307 g/mol. The molecule has 1 heterocycles. The van der Waals surface area contributed by atoms with Crippen LogP contribution in [0.1, 0.15) is 23.5 Å². The van der Waals surface area contributed by atoms with Crippen LogP contribution in [-0.2, 0) is 16.0 Å². The molecule has 1 fully saturated rings. The zero-order valence-corrected chi connectivity index (χ0v) is 11.5. The van der Waals surface area contributed by atoms with Gasteiger partial charge in [0, 0.05) is 0 Å². The molecule has 1 aliphatic heterocycles. The van der Waals surface area contributed by atoms with Crippen molar-refractivity contribution in [2.45, 2.75) is 18.5 Å². The Bertz CT molecular complexity index is 584. The van der Waals surface area contributed by atoms with E-state index in [1.165, 1.54) is 6.07 Å². The van der Waals surface area contributed by atoms with Gasteiger partial charge in [0.1, 0.15) is 0 Å². The first-order chi connectivity index (χ1) is 9.23. The highest BCUT2D eigenvalue weighted by atomic mass is 32.2. The lowest BCUT2D eigenvalue weighted by atomic mass is 9.85. The molecule has 1 aromatic carbocycles. The Labute approximate surface area is 115 Å². The van der Waals surface area contributed by atoms with Gasteiger partial charge in [0.15, 0.2) is 9.84 Å². The minimum Gasteiger partial charge on any atom is -0.330 e. The standard InChI is InChI=1S/C13H16F3NO2S/c14-13(15,16)11-3-1-2-9(6-11)12(7-17)10-4-5-20(18,19)8-10/h1-3,6,10,12H,4-5,7-8,17H2. The smallest absolute Gasteiger partial charge is 0.330 e. The summed E-state index contributed by atoms with van der Waals surface area (Å²) in [5, 5.41) is 0. The Kier molecular flexibility index (Phi) is 4.11. The summed E-state index contributed by atoms with van der Waals surface area (Å²) >= 11 is 0. The number of sulfone groups is 1. The summed E-state index contributed by atoms with van der Waals surface area (Å²) in [7, 11) is -3.07. The second kappa shape index (κ2) is 5.37. The fraction of sp³-hybridized carbons (Fsp3) is 0.538. The number of nitrogens with two attached hydrogens (primary N) is 1. The summed E-state index contributed by atoms with van der Waals surface area (Å²) in [5.74, 6) is -0.457. The maximum atomic E-state index is 12.7. The average molecular weight is 307 g/mol. The Morgan fingerprint density at radius 2 is 2.05 bits per heavy atom. The van der Waals surface area contributed by atoms with Crippen molar-refractivity contribution in [3.05, 3.63) is 35.4 Å². The van der Waals surface area contributed by atoms with E-state index >= 15 is 0 Å². The van der Waals surface area contributed by atoms with Crippen molar-refractivity contribution in [3.63, 3.8) is 0 Å². The van der Waals surface area contributed by atoms with Gasteiger partial charge in [0.25, 0.3) is 0 Å². The van der Waals surface area contributed by atoms with E-state index in [0.29, 0.717) is 12.0 Å². The van der Waals surface area contributed by atoms with Gasteiger partial charge in [-0.1, -0.05) is 18.2 Å². The highest BCUT2D eigenvalue weighted by Crippen LogP contribution is 2.36. The largest absolute Gasteiger partial charge is 0.416 e. The fourth-order valence-corrected chi connectivity index (χ4v) is 4.57. The van der Waals surface area contributed by atoms with Crippen molar-refractivity contribution in [1.29, 1.82) is 0 Å². The third-order valence-corrected chi connectivity index (χ3v) is 5.53. The Morgan fingerprint density at radius 1 is 1.35 bits per heavy atom. The molecule has 3 nitrogen and oxygen atoms in total. The SMILES string of the molecule is NCC(c1cccc(C(F)(F)F)c1)C1CCS(=O)(=O)C1. The molecule has 0 bridgehead atoms. The third kappa shape index (κ3) is 3.32. The van der Waals surface area contributed by atoms with Crippen molar-refractivity contribution >= 4 is 9.84 Å². The average Bonchev–Trinajstić information content (AvgIpc) is 2.70. The second-order valence-electron chi connectivity index (χ2n) is 5.13. The zero-order valence-electron chi connectivity index (χ0n) is 10.7. The lowest BCUT2D eigenvalue weighted by Gasteiger charge is -2.22. The molecular formula is C13H16F3NO2S. The lowest BCUT2D eigenvalue weighted by Crippen LogP contribution is -2.23. The van der Waals surface area contributed by atoms with Crippen molar-refractivity contribution in [2.75, 3.05) is 18.1 Å². The van der Waals surface area contributed by atoms with Crippen LogP contribution in [0.3, 0.4) is 0 Å². The van der Waals surface area contributed by atoms with E-state index in [-0.39, 0.29) is 29.9 Å². The van der Waals surface area contributed by atoms with Gasteiger partial charge in [-0.3, -0.25) is 0 Å². The molecule has 2 N–H and O–H groups in total. The topological polar surface area (TPSA) is 60.2 Å². The fourth-order valence-electron chi connectivity index (χ4n) is 2.69.